The fraction of sp³-hybridized carbons (Fsp3) is 0.238. The molecule has 1 aromatic heterocycles. The van der Waals surface area contributed by atoms with Crippen molar-refractivity contribution in [3.05, 3.63) is 76.3 Å². The molecule has 3 aromatic rings. The van der Waals surface area contributed by atoms with Gasteiger partial charge in [0.15, 0.2) is 5.13 Å². The molecule has 0 aliphatic carbocycles. The van der Waals surface area contributed by atoms with Crippen molar-refractivity contribution >= 4 is 32.4 Å². The second-order valence-electron chi connectivity index (χ2n) is 7.88. The summed E-state index contributed by atoms with van der Waals surface area (Å²) >= 11 is 1.17. The van der Waals surface area contributed by atoms with Crippen molar-refractivity contribution in [2.75, 3.05) is 5.32 Å². The van der Waals surface area contributed by atoms with Crippen molar-refractivity contribution in [1.29, 1.82) is 0 Å². The Bertz CT molecular complexity index is 1200. The number of nitrogens with zero attached hydrogens (tertiary/aromatic N) is 1. The van der Waals surface area contributed by atoms with E-state index in [2.05, 4.69) is 15.0 Å². The molecule has 10 heteroatoms. The van der Waals surface area contributed by atoms with E-state index in [0.717, 1.165) is 6.07 Å². The number of benzene rings is 2. The van der Waals surface area contributed by atoms with Gasteiger partial charge in [0.05, 0.1) is 4.90 Å². The number of carbonyl (C=O) groups excluding carboxylic acids is 1. The largest absolute Gasteiger partial charge is 0.298 e. The van der Waals surface area contributed by atoms with E-state index in [1.54, 1.807) is 20.8 Å². The molecule has 0 aliphatic rings. The highest BCUT2D eigenvalue weighted by atomic mass is 32.2. The minimum Gasteiger partial charge on any atom is -0.298 e. The van der Waals surface area contributed by atoms with Gasteiger partial charge >= 0.3 is 0 Å². The van der Waals surface area contributed by atoms with Crippen molar-refractivity contribution in [2.45, 2.75) is 37.6 Å². The first-order valence-electron chi connectivity index (χ1n) is 9.27. The van der Waals surface area contributed by atoms with Crippen LogP contribution in [0.2, 0.25) is 0 Å². The number of aromatic nitrogens is 1. The summed E-state index contributed by atoms with van der Waals surface area (Å²) in [5.74, 6) is -1.75. The molecule has 0 aliphatic heterocycles. The number of sulfonamides is 1. The van der Waals surface area contributed by atoms with Gasteiger partial charge in [-0.1, -0.05) is 6.07 Å². The lowest BCUT2D eigenvalue weighted by molar-refractivity contribution is 0.102. The maximum absolute atomic E-state index is 13.8. The van der Waals surface area contributed by atoms with Gasteiger partial charge in [-0.05, 0) is 56.7 Å². The quantitative estimate of drug-likeness (QED) is 0.567. The molecular weight excluding hydrogens is 444 g/mol. The second-order valence-corrected chi connectivity index (χ2v) is 10.7. The van der Waals surface area contributed by atoms with Crippen LogP contribution in [0.15, 0.2) is 53.6 Å². The van der Waals surface area contributed by atoms with Crippen LogP contribution in [0.4, 0.5) is 13.9 Å². The average Bonchev–Trinajstić information content (AvgIpc) is 3.09. The van der Waals surface area contributed by atoms with E-state index >= 15 is 0 Å². The zero-order valence-electron chi connectivity index (χ0n) is 17.1. The number of carbonyl (C=O) groups is 1. The summed E-state index contributed by atoms with van der Waals surface area (Å²) in [7, 11) is -3.70. The standard InChI is InChI=1S/C21H21F2N3O3S2/c1-21(2,3)26-31(28,29)17-8-5-13(6-9-17)19(27)25-20-24-12-16(30-20)10-14-4-7-15(22)11-18(14)23/h4-9,11-12,26H,10H2,1-3H3,(H,24,25,27). The van der Waals surface area contributed by atoms with Gasteiger partial charge in [-0.2, -0.15) is 0 Å². The van der Waals surface area contributed by atoms with Crippen molar-refractivity contribution in [3.63, 3.8) is 0 Å². The molecule has 6 nitrogen and oxygen atoms in total. The fourth-order valence-electron chi connectivity index (χ4n) is 2.72. The van der Waals surface area contributed by atoms with Gasteiger partial charge in [0.25, 0.3) is 5.91 Å². The number of hydrogen-bond donors (Lipinski definition) is 2. The molecule has 0 fully saturated rings. The third-order valence-corrected chi connectivity index (χ3v) is 6.71. The number of anilines is 1. The van der Waals surface area contributed by atoms with Gasteiger partial charge in [0, 0.05) is 34.7 Å². The molecule has 3 rings (SSSR count). The Kier molecular flexibility index (Phi) is 6.54. The molecule has 0 atom stereocenters. The van der Waals surface area contributed by atoms with E-state index in [0.29, 0.717) is 15.6 Å². The zero-order chi connectivity index (χ0) is 22.8. The zero-order valence-corrected chi connectivity index (χ0v) is 18.7. The lowest BCUT2D eigenvalue weighted by Gasteiger charge is -2.20. The van der Waals surface area contributed by atoms with Crippen molar-refractivity contribution in [2.24, 2.45) is 0 Å². The summed E-state index contributed by atoms with van der Waals surface area (Å²) in [6.07, 6.45) is 1.73. The number of hydrogen-bond acceptors (Lipinski definition) is 5. The number of halogens is 2. The molecular formula is C21H21F2N3O3S2. The Hall–Kier alpha value is -2.69. The summed E-state index contributed by atoms with van der Waals surface area (Å²) in [5, 5.41) is 2.95. The van der Waals surface area contributed by atoms with Crippen LogP contribution in [0.1, 0.15) is 41.6 Å². The molecule has 0 radical (unpaired) electrons. The lowest BCUT2D eigenvalue weighted by Crippen LogP contribution is -2.40. The van der Waals surface area contributed by atoms with E-state index in [9.17, 15) is 22.0 Å². The molecule has 2 aromatic carbocycles. The topological polar surface area (TPSA) is 88.2 Å². The molecule has 31 heavy (non-hydrogen) atoms. The summed E-state index contributed by atoms with van der Waals surface area (Å²) in [4.78, 5) is 17.3. The minimum absolute atomic E-state index is 0.0526. The first-order chi connectivity index (χ1) is 14.4. The molecule has 0 unspecified atom stereocenters. The molecule has 0 saturated heterocycles. The van der Waals surface area contributed by atoms with E-state index in [1.165, 1.54) is 53.9 Å². The fourth-order valence-corrected chi connectivity index (χ4v) is 4.97. The van der Waals surface area contributed by atoms with E-state index < -0.39 is 33.1 Å². The van der Waals surface area contributed by atoms with Crippen LogP contribution in [0, 0.1) is 11.6 Å². The Morgan fingerprint density at radius 2 is 1.77 bits per heavy atom. The molecule has 0 bridgehead atoms. The summed E-state index contributed by atoms with van der Waals surface area (Å²) < 4.78 is 54.1. The van der Waals surface area contributed by atoms with Crippen LogP contribution in [-0.4, -0.2) is 24.8 Å². The molecule has 1 heterocycles. The van der Waals surface area contributed by atoms with Gasteiger partial charge in [-0.15, -0.1) is 11.3 Å². The number of thiazole rings is 1. The third-order valence-electron chi connectivity index (χ3n) is 4.02. The van der Waals surface area contributed by atoms with Crippen LogP contribution in [-0.2, 0) is 16.4 Å². The monoisotopic (exact) mass is 465 g/mol. The molecule has 164 valence electrons. The highest BCUT2D eigenvalue weighted by Gasteiger charge is 2.22. The number of nitrogens with one attached hydrogen (secondary N) is 2. The van der Waals surface area contributed by atoms with E-state index in [-0.39, 0.29) is 16.9 Å². The maximum Gasteiger partial charge on any atom is 0.257 e. The summed E-state index contributed by atoms with van der Waals surface area (Å²) in [5.41, 5.74) is -0.0477. The van der Waals surface area contributed by atoms with Gasteiger partial charge in [0.2, 0.25) is 10.0 Å². The lowest BCUT2D eigenvalue weighted by atomic mass is 10.1. The highest BCUT2D eigenvalue weighted by Crippen LogP contribution is 2.23. The van der Waals surface area contributed by atoms with E-state index in [1.807, 2.05) is 0 Å². The van der Waals surface area contributed by atoms with Crippen LogP contribution in [0.3, 0.4) is 0 Å². The first-order valence-corrected chi connectivity index (χ1v) is 11.6. The number of amides is 1. The Morgan fingerprint density at radius 3 is 2.39 bits per heavy atom. The highest BCUT2D eigenvalue weighted by molar-refractivity contribution is 7.89. The summed E-state index contributed by atoms with van der Waals surface area (Å²) in [6, 6.07) is 8.90. The molecule has 2 N–H and O–H groups in total. The second kappa shape index (κ2) is 8.81. The normalized spacial score (nSPS) is 12.0. The smallest absolute Gasteiger partial charge is 0.257 e. The van der Waals surface area contributed by atoms with Gasteiger partial charge in [-0.3, -0.25) is 10.1 Å². The van der Waals surface area contributed by atoms with Crippen LogP contribution in [0.25, 0.3) is 0 Å². The summed E-state index contributed by atoms with van der Waals surface area (Å²) in [6.45, 7) is 5.21. The average molecular weight is 466 g/mol. The van der Waals surface area contributed by atoms with Gasteiger partial charge in [-0.25, -0.2) is 26.9 Å². The predicted molar refractivity (Wildman–Crippen MR) is 116 cm³/mol. The molecule has 0 spiro atoms. The third kappa shape index (κ3) is 6.16. The van der Waals surface area contributed by atoms with E-state index in [4.69, 9.17) is 0 Å². The van der Waals surface area contributed by atoms with Crippen LogP contribution in [0.5, 0.6) is 0 Å². The maximum atomic E-state index is 13.8. The van der Waals surface area contributed by atoms with Crippen molar-refractivity contribution in [3.8, 4) is 0 Å². The Labute approximate surface area is 183 Å². The van der Waals surface area contributed by atoms with Crippen LogP contribution >= 0.6 is 11.3 Å². The van der Waals surface area contributed by atoms with Crippen LogP contribution < -0.4 is 10.0 Å². The van der Waals surface area contributed by atoms with Gasteiger partial charge < -0.3 is 0 Å². The minimum atomic E-state index is -3.70. The number of rotatable bonds is 6. The van der Waals surface area contributed by atoms with Crippen molar-refractivity contribution in [1.82, 2.24) is 9.71 Å². The molecule has 0 saturated carbocycles. The Balaban J connectivity index is 1.67. The SMILES string of the molecule is CC(C)(C)NS(=O)(=O)c1ccc(C(=O)Nc2ncc(Cc3ccc(F)cc3F)s2)cc1. The first kappa shape index (κ1) is 23.0. The predicted octanol–water partition coefficient (Wildman–Crippen LogP) is 4.34. The van der Waals surface area contributed by atoms with Gasteiger partial charge in [0.1, 0.15) is 11.6 Å². The van der Waals surface area contributed by atoms with Crippen molar-refractivity contribution < 1.29 is 22.0 Å². The molecule has 1 amide bonds. The Morgan fingerprint density at radius 1 is 1.10 bits per heavy atom.